The number of nitrogens with one attached hydrogen (secondary N) is 1. The molecule has 2 fully saturated rings. The first-order valence-corrected chi connectivity index (χ1v) is 11.3. The number of alkyl halides is 3. The second kappa shape index (κ2) is 10.2. The van der Waals surface area contributed by atoms with Gasteiger partial charge in [0.2, 0.25) is 11.9 Å². The number of anilines is 1. The highest BCUT2D eigenvalue weighted by atomic mass is 35.5. The van der Waals surface area contributed by atoms with Crippen LogP contribution in [0.5, 0.6) is 5.75 Å². The molecule has 0 unspecified atom stereocenters. The summed E-state index contributed by atoms with van der Waals surface area (Å²) in [4.78, 5) is 49.0. The molecule has 1 aliphatic heterocycles. The van der Waals surface area contributed by atoms with E-state index in [1.54, 1.807) is 10.00 Å². The molecule has 2 aliphatic rings. The van der Waals surface area contributed by atoms with Crippen LogP contribution in [0.4, 0.5) is 19.1 Å². The lowest BCUT2D eigenvalue weighted by atomic mass is 9.99. The number of hydrogen-bond acceptors (Lipinski definition) is 8. The van der Waals surface area contributed by atoms with Gasteiger partial charge in [-0.3, -0.25) is 14.4 Å². The number of H-pyrrole nitrogens is 1. The monoisotopic (exact) mass is 514 g/mol. The molecule has 188 valence electrons. The second-order valence-electron chi connectivity index (χ2n) is 8.39. The molecule has 10 nitrogen and oxygen atoms in total. The number of carbonyl (C=O) groups excluding carboxylic acids is 2. The van der Waals surface area contributed by atoms with Crippen LogP contribution in [0.1, 0.15) is 24.8 Å². The van der Waals surface area contributed by atoms with E-state index in [0.717, 1.165) is 6.20 Å². The molecule has 0 spiro atoms. The molecule has 1 amide bonds. The number of aromatic amines is 1. The van der Waals surface area contributed by atoms with E-state index in [1.807, 2.05) is 4.90 Å². The van der Waals surface area contributed by atoms with Crippen LogP contribution in [-0.4, -0.2) is 69.5 Å². The van der Waals surface area contributed by atoms with E-state index in [1.165, 1.54) is 12.4 Å². The first-order valence-electron chi connectivity index (χ1n) is 10.9. The van der Waals surface area contributed by atoms with Crippen LogP contribution in [0.15, 0.2) is 23.4 Å². The Kier molecular flexibility index (Phi) is 7.24. The van der Waals surface area contributed by atoms with Crippen LogP contribution in [0.3, 0.4) is 0 Å². The molecule has 1 saturated carbocycles. The number of piperazine rings is 1. The predicted octanol–water partition coefficient (Wildman–Crippen LogP) is 1.95. The number of ketones is 1. The van der Waals surface area contributed by atoms with Gasteiger partial charge in [0.25, 0.3) is 5.56 Å². The summed E-state index contributed by atoms with van der Waals surface area (Å²) < 4.78 is 44.6. The quantitative estimate of drug-likeness (QED) is 0.621. The SMILES string of the molecule is O=C1[C@H](COc2cn[nH]c(=O)c2C(F)(F)F)CC[C@H]1CC(=O)N1CCN(c2ncc(Cl)cn2)CC1. The maximum atomic E-state index is 13.2. The Balaban J connectivity index is 1.28. The van der Waals surface area contributed by atoms with Crippen molar-refractivity contribution < 1.29 is 27.5 Å². The maximum absolute atomic E-state index is 13.2. The fourth-order valence-electron chi connectivity index (χ4n) is 4.30. The van der Waals surface area contributed by atoms with Crippen molar-refractivity contribution in [2.24, 2.45) is 11.8 Å². The summed E-state index contributed by atoms with van der Waals surface area (Å²) in [7, 11) is 0. The summed E-state index contributed by atoms with van der Waals surface area (Å²) in [5.74, 6) is -1.76. The highest BCUT2D eigenvalue weighted by Crippen LogP contribution is 2.35. The Morgan fingerprint density at radius 1 is 1.09 bits per heavy atom. The Morgan fingerprint density at radius 3 is 2.40 bits per heavy atom. The molecule has 0 radical (unpaired) electrons. The summed E-state index contributed by atoms with van der Waals surface area (Å²) in [5.41, 5.74) is -2.91. The van der Waals surface area contributed by atoms with E-state index in [2.05, 4.69) is 15.1 Å². The molecule has 2 aromatic rings. The van der Waals surface area contributed by atoms with Gasteiger partial charge in [-0.25, -0.2) is 15.1 Å². The third kappa shape index (κ3) is 5.72. The van der Waals surface area contributed by atoms with E-state index in [9.17, 15) is 27.6 Å². The largest absolute Gasteiger partial charge is 0.490 e. The van der Waals surface area contributed by atoms with Gasteiger partial charge in [0.15, 0.2) is 11.3 Å². The average molecular weight is 515 g/mol. The van der Waals surface area contributed by atoms with Crippen LogP contribution in [0, 0.1) is 11.8 Å². The molecule has 2 aromatic heterocycles. The lowest BCUT2D eigenvalue weighted by Gasteiger charge is -2.35. The lowest BCUT2D eigenvalue weighted by molar-refractivity contribution is -0.140. The van der Waals surface area contributed by atoms with Crippen molar-refractivity contribution in [2.75, 3.05) is 37.7 Å². The molecule has 0 aromatic carbocycles. The van der Waals surface area contributed by atoms with Crippen molar-refractivity contribution in [2.45, 2.75) is 25.4 Å². The first kappa shape index (κ1) is 24.9. The van der Waals surface area contributed by atoms with E-state index < -0.39 is 34.9 Å². The topological polar surface area (TPSA) is 121 Å². The van der Waals surface area contributed by atoms with Crippen molar-refractivity contribution in [3.63, 3.8) is 0 Å². The summed E-state index contributed by atoms with van der Waals surface area (Å²) in [6.07, 6.45) is -0.294. The first-order chi connectivity index (χ1) is 16.6. The van der Waals surface area contributed by atoms with Crippen LogP contribution in [0.25, 0.3) is 0 Å². The molecule has 1 saturated heterocycles. The standard InChI is InChI=1S/C21H22ClF3N6O4/c22-14-8-26-20(27-9-14)31-5-3-30(4-6-31)16(32)7-12-1-2-13(18(12)33)11-35-15-10-28-29-19(34)17(15)21(23,24)25/h8-10,12-13H,1-7,11H2,(H,29,34)/t12-,13-/m0/s1. The molecule has 1 aliphatic carbocycles. The molecule has 35 heavy (non-hydrogen) atoms. The van der Waals surface area contributed by atoms with Crippen molar-refractivity contribution in [1.29, 1.82) is 0 Å². The summed E-state index contributed by atoms with van der Waals surface area (Å²) in [6.45, 7) is 1.65. The molecular weight excluding hydrogens is 493 g/mol. The molecule has 2 atom stereocenters. The van der Waals surface area contributed by atoms with Gasteiger partial charge in [-0.15, -0.1) is 0 Å². The molecule has 3 heterocycles. The minimum absolute atomic E-state index is 0.0349. The number of amides is 1. The van der Waals surface area contributed by atoms with E-state index in [4.69, 9.17) is 16.3 Å². The molecular formula is C21H22ClF3N6O4. The molecule has 1 N–H and O–H groups in total. The van der Waals surface area contributed by atoms with Crippen molar-refractivity contribution >= 4 is 29.2 Å². The second-order valence-corrected chi connectivity index (χ2v) is 8.83. The Hall–Kier alpha value is -3.22. The minimum Gasteiger partial charge on any atom is -0.490 e. The highest BCUT2D eigenvalue weighted by Gasteiger charge is 2.40. The average Bonchev–Trinajstić information content (AvgIpc) is 3.16. The van der Waals surface area contributed by atoms with E-state index in [0.29, 0.717) is 50.0 Å². The van der Waals surface area contributed by atoms with Gasteiger partial charge in [-0.1, -0.05) is 11.6 Å². The number of Topliss-reactive ketones (excluding diaryl/α,β-unsaturated/α-hetero) is 1. The van der Waals surface area contributed by atoms with Crippen molar-refractivity contribution in [3.8, 4) is 5.75 Å². The number of aromatic nitrogens is 4. The highest BCUT2D eigenvalue weighted by molar-refractivity contribution is 6.30. The van der Waals surface area contributed by atoms with Crippen molar-refractivity contribution in [1.82, 2.24) is 25.1 Å². The fraction of sp³-hybridized carbons (Fsp3) is 0.524. The van der Waals surface area contributed by atoms with Gasteiger partial charge in [0.05, 0.1) is 36.1 Å². The van der Waals surface area contributed by atoms with Crippen LogP contribution < -0.4 is 15.2 Å². The summed E-state index contributed by atoms with van der Waals surface area (Å²) >= 11 is 5.81. The number of carbonyl (C=O) groups is 2. The van der Waals surface area contributed by atoms with Crippen LogP contribution in [-0.2, 0) is 15.8 Å². The van der Waals surface area contributed by atoms with Crippen LogP contribution in [0.2, 0.25) is 5.02 Å². The van der Waals surface area contributed by atoms with Crippen molar-refractivity contribution in [3.05, 3.63) is 39.5 Å². The smallest absolute Gasteiger partial charge is 0.425 e. The van der Waals surface area contributed by atoms with Crippen LogP contribution >= 0.6 is 11.6 Å². The van der Waals surface area contributed by atoms with Gasteiger partial charge in [-0.05, 0) is 12.8 Å². The Labute approximate surface area is 202 Å². The third-order valence-electron chi connectivity index (χ3n) is 6.16. The normalized spacial score (nSPS) is 20.9. The molecule has 4 rings (SSSR count). The summed E-state index contributed by atoms with van der Waals surface area (Å²) in [6, 6.07) is 0. The number of ether oxygens (including phenoxy) is 1. The van der Waals surface area contributed by atoms with E-state index in [-0.39, 0.29) is 24.7 Å². The molecule has 14 heteroatoms. The number of nitrogens with zero attached hydrogens (tertiary/aromatic N) is 5. The minimum atomic E-state index is -4.93. The summed E-state index contributed by atoms with van der Waals surface area (Å²) in [5, 5.41) is 5.50. The zero-order chi connectivity index (χ0) is 25.2. The fourth-order valence-corrected chi connectivity index (χ4v) is 4.40. The van der Waals surface area contributed by atoms with Gasteiger partial charge in [-0.2, -0.15) is 18.3 Å². The number of halogens is 4. The van der Waals surface area contributed by atoms with Gasteiger partial charge in [0, 0.05) is 38.5 Å². The zero-order valence-corrected chi connectivity index (χ0v) is 19.2. The predicted molar refractivity (Wildman–Crippen MR) is 117 cm³/mol. The van der Waals surface area contributed by atoms with Gasteiger partial charge < -0.3 is 14.5 Å². The van der Waals surface area contributed by atoms with Gasteiger partial charge in [0.1, 0.15) is 5.78 Å². The van der Waals surface area contributed by atoms with E-state index >= 15 is 0 Å². The Morgan fingerprint density at radius 2 is 1.74 bits per heavy atom. The lowest BCUT2D eigenvalue weighted by Crippen LogP contribution is -2.49. The maximum Gasteiger partial charge on any atom is 0.425 e. The van der Waals surface area contributed by atoms with Gasteiger partial charge >= 0.3 is 6.18 Å². The number of hydrogen-bond donors (Lipinski definition) is 1. The number of rotatable bonds is 6. The Bertz CT molecular complexity index is 1140. The third-order valence-corrected chi connectivity index (χ3v) is 6.35. The zero-order valence-electron chi connectivity index (χ0n) is 18.4. The molecule has 0 bridgehead atoms.